The molecular weight excluding hydrogens is 285 g/mol. The largest absolute Gasteiger partial charge is 0.433 e. The van der Waals surface area contributed by atoms with E-state index in [1.54, 1.807) is 0 Å². The monoisotopic (exact) mass is 304 g/mol. The summed E-state index contributed by atoms with van der Waals surface area (Å²) in [7, 11) is 1.48. The summed E-state index contributed by atoms with van der Waals surface area (Å²) in [5, 5.41) is 5.60. The molecule has 1 atom stereocenters. The van der Waals surface area contributed by atoms with Gasteiger partial charge < -0.3 is 15.4 Å². The summed E-state index contributed by atoms with van der Waals surface area (Å²) in [5.41, 5.74) is -1.25. The highest BCUT2D eigenvalue weighted by Crippen LogP contribution is 2.31. The quantitative estimate of drug-likeness (QED) is 0.899. The Balaban J connectivity index is 2.19. The Morgan fingerprint density at radius 3 is 2.62 bits per heavy atom. The highest BCUT2D eigenvalue weighted by Gasteiger charge is 2.34. The molecule has 0 bridgehead atoms. The van der Waals surface area contributed by atoms with E-state index in [1.807, 2.05) is 13.8 Å². The Labute approximate surface area is 121 Å². The maximum atomic E-state index is 12.8. The molecule has 0 radical (unpaired) electrons. The minimum atomic E-state index is -4.50. The molecule has 118 valence electrons. The van der Waals surface area contributed by atoms with Crippen molar-refractivity contribution >= 4 is 11.8 Å². The summed E-state index contributed by atoms with van der Waals surface area (Å²) < 4.78 is 44.1. The van der Waals surface area contributed by atoms with Crippen LogP contribution in [0.3, 0.4) is 0 Å². The first kappa shape index (κ1) is 15.8. The number of ether oxygens (including phenoxy) is 1. The van der Waals surface area contributed by atoms with Crippen LogP contribution in [0.25, 0.3) is 0 Å². The second-order valence-electron chi connectivity index (χ2n) is 5.65. The van der Waals surface area contributed by atoms with Gasteiger partial charge in [0.25, 0.3) is 0 Å². The average molecular weight is 304 g/mol. The summed E-state index contributed by atoms with van der Waals surface area (Å²) in [6.45, 7) is 4.49. The lowest BCUT2D eigenvalue weighted by Crippen LogP contribution is -2.40. The van der Waals surface area contributed by atoms with E-state index in [-0.39, 0.29) is 23.4 Å². The molecule has 2 rings (SSSR count). The fraction of sp³-hybridized carbons (Fsp3) is 0.692. The van der Waals surface area contributed by atoms with Crippen LogP contribution >= 0.6 is 0 Å². The van der Waals surface area contributed by atoms with E-state index in [1.165, 1.54) is 7.05 Å². The van der Waals surface area contributed by atoms with Gasteiger partial charge in [0.1, 0.15) is 5.82 Å². The molecule has 1 aromatic rings. The van der Waals surface area contributed by atoms with Crippen molar-refractivity contribution in [2.24, 2.45) is 0 Å². The molecule has 2 N–H and O–H groups in total. The Kier molecular flexibility index (Phi) is 4.27. The zero-order valence-electron chi connectivity index (χ0n) is 12.2. The number of nitrogens with one attached hydrogen (secondary N) is 2. The molecule has 1 aliphatic heterocycles. The van der Waals surface area contributed by atoms with Crippen molar-refractivity contribution in [3.05, 3.63) is 11.8 Å². The van der Waals surface area contributed by atoms with E-state index in [2.05, 4.69) is 20.6 Å². The normalized spacial score (nSPS) is 21.9. The lowest BCUT2D eigenvalue weighted by Gasteiger charge is -2.36. The van der Waals surface area contributed by atoms with Crippen LogP contribution in [-0.2, 0) is 10.9 Å². The average Bonchev–Trinajstić information content (AvgIpc) is 2.36. The van der Waals surface area contributed by atoms with Crippen LogP contribution in [-0.4, -0.2) is 35.3 Å². The SMILES string of the molecule is CNc1nc(NC2CCOC(C)(C)C2)cc(C(F)(F)F)n1. The number of hydrogen-bond donors (Lipinski definition) is 2. The summed E-state index contributed by atoms with van der Waals surface area (Å²) in [5.74, 6) is 0.114. The smallest absolute Gasteiger partial charge is 0.375 e. The molecule has 2 heterocycles. The predicted molar refractivity (Wildman–Crippen MR) is 73.3 cm³/mol. The van der Waals surface area contributed by atoms with Crippen molar-refractivity contribution in [3.8, 4) is 0 Å². The van der Waals surface area contributed by atoms with E-state index >= 15 is 0 Å². The second kappa shape index (κ2) is 5.67. The second-order valence-corrected chi connectivity index (χ2v) is 5.65. The first-order chi connectivity index (χ1) is 9.69. The Hall–Kier alpha value is -1.57. The number of hydrogen-bond acceptors (Lipinski definition) is 5. The van der Waals surface area contributed by atoms with Crippen molar-refractivity contribution in [2.75, 3.05) is 24.3 Å². The molecule has 1 saturated heterocycles. The third kappa shape index (κ3) is 4.20. The summed E-state index contributed by atoms with van der Waals surface area (Å²) in [6.07, 6.45) is -3.07. The standard InChI is InChI=1S/C13H19F3N4O/c1-12(2)7-8(4-5-21-12)18-10-6-9(13(14,15)16)19-11(17-3)20-10/h6,8H,4-5,7H2,1-3H3,(H2,17,18,19,20). The number of alkyl halides is 3. The van der Waals surface area contributed by atoms with Gasteiger partial charge in [0.2, 0.25) is 5.95 Å². The highest BCUT2D eigenvalue weighted by atomic mass is 19.4. The fourth-order valence-electron chi connectivity index (χ4n) is 2.34. The topological polar surface area (TPSA) is 59.1 Å². The number of anilines is 2. The summed E-state index contributed by atoms with van der Waals surface area (Å²) in [6, 6.07) is 0.956. The third-order valence-electron chi connectivity index (χ3n) is 3.29. The molecule has 1 unspecified atom stereocenters. The van der Waals surface area contributed by atoms with Gasteiger partial charge in [-0.05, 0) is 26.7 Å². The van der Waals surface area contributed by atoms with Crippen molar-refractivity contribution in [1.29, 1.82) is 0 Å². The van der Waals surface area contributed by atoms with Crippen molar-refractivity contribution in [3.63, 3.8) is 0 Å². The van der Waals surface area contributed by atoms with Gasteiger partial charge in [-0.1, -0.05) is 0 Å². The summed E-state index contributed by atoms with van der Waals surface area (Å²) in [4.78, 5) is 7.47. The summed E-state index contributed by atoms with van der Waals surface area (Å²) >= 11 is 0. The molecule has 21 heavy (non-hydrogen) atoms. The molecule has 0 spiro atoms. The zero-order chi connectivity index (χ0) is 15.7. The number of rotatable bonds is 3. The van der Waals surface area contributed by atoms with Gasteiger partial charge in [0, 0.05) is 25.8 Å². The minimum absolute atomic E-state index is 0.0226. The molecule has 0 saturated carbocycles. The molecule has 5 nitrogen and oxygen atoms in total. The lowest BCUT2D eigenvalue weighted by atomic mass is 9.94. The Morgan fingerprint density at radius 2 is 2.05 bits per heavy atom. The van der Waals surface area contributed by atoms with Crippen LogP contribution in [0.5, 0.6) is 0 Å². The Morgan fingerprint density at radius 1 is 1.33 bits per heavy atom. The van der Waals surface area contributed by atoms with E-state index in [9.17, 15) is 13.2 Å². The molecule has 1 aliphatic rings. The van der Waals surface area contributed by atoms with Gasteiger partial charge in [-0.25, -0.2) is 4.98 Å². The van der Waals surface area contributed by atoms with Crippen LogP contribution in [0.2, 0.25) is 0 Å². The first-order valence-corrected chi connectivity index (χ1v) is 6.74. The third-order valence-corrected chi connectivity index (χ3v) is 3.29. The van der Waals surface area contributed by atoms with Gasteiger partial charge in [-0.3, -0.25) is 0 Å². The van der Waals surface area contributed by atoms with E-state index in [4.69, 9.17) is 4.74 Å². The molecule has 0 aromatic carbocycles. The van der Waals surface area contributed by atoms with Crippen molar-refractivity contribution in [1.82, 2.24) is 9.97 Å². The zero-order valence-corrected chi connectivity index (χ0v) is 12.2. The van der Waals surface area contributed by atoms with Gasteiger partial charge in [-0.15, -0.1) is 0 Å². The molecule has 1 fully saturated rings. The van der Waals surface area contributed by atoms with Crippen LogP contribution < -0.4 is 10.6 Å². The van der Waals surface area contributed by atoms with Crippen LogP contribution in [0.4, 0.5) is 24.9 Å². The van der Waals surface area contributed by atoms with E-state index < -0.39 is 11.9 Å². The molecule has 0 amide bonds. The van der Waals surface area contributed by atoms with Crippen LogP contribution in [0.1, 0.15) is 32.4 Å². The first-order valence-electron chi connectivity index (χ1n) is 6.74. The van der Waals surface area contributed by atoms with Crippen molar-refractivity contribution in [2.45, 2.75) is 44.5 Å². The number of nitrogens with zero attached hydrogens (tertiary/aromatic N) is 2. The van der Waals surface area contributed by atoms with Crippen LogP contribution in [0, 0.1) is 0 Å². The molecular formula is C13H19F3N4O. The van der Waals surface area contributed by atoms with E-state index in [0.717, 1.165) is 12.5 Å². The van der Waals surface area contributed by atoms with Gasteiger partial charge in [0.05, 0.1) is 5.60 Å². The van der Waals surface area contributed by atoms with E-state index in [0.29, 0.717) is 13.0 Å². The van der Waals surface area contributed by atoms with Gasteiger partial charge in [-0.2, -0.15) is 18.2 Å². The van der Waals surface area contributed by atoms with Gasteiger partial charge in [0.15, 0.2) is 5.69 Å². The lowest BCUT2D eigenvalue weighted by molar-refractivity contribution is -0.141. The fourth-order valence-corrected chi connectivity index (χ4v) is 2.34. The highest BCUT2D eigenvalue weighted by molar-refractivity contribution is 5.43. The maximum absolute atomic E-state index is 12.8. The van der Waals surface area contributed by atoms with Crippen LogP contribution in [0.15, 0.2) is 6.07 Å². The number of aromatic nitrogens is 2. The molecule has 1 aromatic heterocycles. The molecule has 0 aliphatic carbocycles. The van der Waals surface area contributed by atoms with Gasteiger partial charge >= 0.3 is 6.18 Å². The Bertz CT molecular complexity index is 505. The minimum Gasteiger partial charge on any atom is -0.375 e. The number of halogens is 3. The maximum Gasteiger partial charge on any atom is 0.433 e. The molecule has 8 heteroatoms. The predicted octanol–water partition coefficient (Wildman–Crippen LogP) is 2.91. The van der Waals surface area contributed by atoms with Crippen molar-refractivity contribution < 1.29 is 17.9 Å².